The van der Waals surface area contributed by atoms with E-state index < -0.39 is 8.07 Å². The lowest BCUT2D eigenvalue weighted by molar-refractivity contribution is 0.589. The first-order valence-corrected chi connectivity index (χ1v) is 18.8. The van der Waals surface area contributed by atoms with Crippen LogP contribution in [0.5, 0.6) is 0 Å². The Balaban J connectivity index is 1.61. The number of halogens is 2. The summed E-state index contributed by atoms with van der Waals surface area (Å²) in [4.78, 5) is 0. The van der Waals surface area contributed by atoms with Crippen molar-refractivity contribution in [2.45, 2.75) is 76.5 Å². The standard InChI is InChI=1S/C36H38Br2Si/c1-35(2,3)21-9-13-27-29(17-21)30-18-22(36(4,5)6)10-14-28(30)33(27)39(7,8)34-31-19-23(37)11-15-25(31)26-16-12-24(38)20-32(26)34/h9-20,33-34H,1-8H3. The Kier molecular flexibility index (Phi) is 6.31. The lowest BCUT2D eigenvalue weighted by Gasteiger charge is -2.38. The Morgan fingerprint density at radius 1 is 0.487 bits per heavy atom. The van der Waals surface area contributed by atoms with E-state index in [4.69, 9.17) is 0 Å². The van der Waals surface area contributed by atoms with Crippen LogP contribution in [0.25, 0.3) is 22.3 Å². The Bertz CT molecular complexity index is 1520. The lowest BCUT2D eigenvalue weighted by Crippen LogP contribution is -2.42. The molecule has 0 atom stereocenters. The predicted octanol–water partition coefficient (Wildman–Crippen LogP) is 11.5. The molecule has 39 heavy (non-hydrogen) atoms. The van der Waals surface area contributed by atoms with Gasteiger partial charge in [0.1, 0.15) is 0 Å². The van der Waals surface area contributed by atoms with Gasteiger partial charge in [-0.2, -0.15) is 0 Å². The van der Waals surface area contributed by atoms with E-state index in [0.29, 0.717) is 11.1 Å². The summed E-state index contributed by atoms with van der Waals surface area (Å²) >= 11 is 7.63. The summed E-state index contributed by atoms with van der Waals surface area (Å²) in [6.45, 7) is 19.2. The fourth-order valence-electron chi connectivity index (χ4n) is 7.16. The van der Waals surface area contributed by atoms with E-state index in [2.05, 4.69) is 159 Å². The van der Waals surface area contributed by atoms with Crippen molar-refractivity contribution in [3.05, 3.63) is 115 Å². The lowest BCUT2D eigenvalue weighted by atomic mass is 9.83. The van der Waals surface area contributed by atoms with Crippen molar-refractivity contribution in [3.63, 3.8) is 0 Å². The maximum absolute atomic E-state index is 3.81. The molecule has 2 aliphatic carbocycles. The highest BCUT2D eigenvalue weighted by Crippen LogP contribution is 2.58. The van der Waals surface area contributed by atoms with Crippen molar-refractivity contribution < 1.29 is 0 Å². The zero-order chi connectivity index (χ0) is 28.1. The van der Waals surface area contributed by atoms with E-state index in [0.717, 1.165) is 0 Å². The van der Waals surface area contributed by atoms with Crippen LogP contribution in [0.1, 0.15) is 86.0 Å². The molecule has 4 aromatic carbocycles. The van der Waals surface area contributed by atoms with E-state index in [1.54, 1.807) is 0 Å². The molecule has 0 saturated heterocycles. The molecule has 0 unspecified atom stereocenters. The van der Waals surface area contributed by atoms with Crippen molar-refractivity contribution in [2.75, 3.05) is 0 Å². The molecule has 2 aliphatic rings. The van der Waals surface area contributed by atoms with Gasteiger partial charge in [0.05, 0.1) is 8.07 Å². The van der Waals surface area contributed by atoms with Crippen molar-refractivity contribution in [1.82, 2.24) is 0 Å². The summed E-state index contributed by atoms with van der Waals surface area (Å²) in [5.74, 6) is 0. The molecule has 6 rings (SSSR count). The van der Waals surface area contributed by atoms with Crippen LogP contribution in [-0.4, -0.2) is 8.07 Å². The van der Waals surface area contributed by atoms with Gasteiger partial charge in [0.15, 0.2) is 0 Å². The topological polar surface area (TPSA) is 0 Å². The molecular formula is C36H38Br2Si. The van der Waals surface area contributed by atoms with E-state index in [-0.39, 0.29) is 10.8 Å². The van der Waals surface area contributed by atoms with Crippen LogP contribution in [0.3, 0.4) is 0 Å². The molecule has 0 N–H and O–H groups in total. The van der Waals surface area contributed by atoms with E-state index in [1.165, 1.54) is 64.6 Å². The fraction of sp³-hybridized carbons (Fsp3) is 0.333. The molecule has 0 saturated carbocycles. The SMILES string of the molecule is CC(C)(C)c1ccc2c(c1)-c1cc(C(C)(C)C)ccc1C2[Si](C)(C)C1c2cc(Br)ccc2-c2ccc(Br)cc21. The Labute approximate surface area is 252 Å². The van der Waals surface area contributed by atoms with Crippen LogP contribution in [0, 0.1) is 0 Å². The van der Waals surface area contributed by atoms with Crippen molar-refractivity contribution in [3.8, 4) is 22.3 Å². The average molecular weight is 659 g/mol. The summed E-state index contributed by atoms with van der Waals surface area (Å²) in [5, 5.41) is 0. The summed E-state index contributed by atoms with van der Waals surface area (Å²) in [6, 6.07) is 28.6. The van der Waals surface area contributed by atoms with Gasteiger partial charge < -0.3 is 0 Å². The first-order valence-electron chi connectivity index (χ1n) is 14.1. The largest absolute Gasteiger partial charge is 0.0731 e. The van der Waals surface area contributed by atoms with Gasteiger partial charge in [-0.15, -0.1) is 0 Å². The van der Waals surface area contributed by atoms with Crippen LogP contribution >= 0.6 is 31.9 Å². The van der Waals surface area contributed by atoms with Gasteiger partial charge in [-0.1, -0.05) is 135 Å². The average Bonchev–Trinajstić information content (AvgIpc) is 3.34. The summed E-state index contributed by atoms with van der Waals surface area (Å²) in [7, 11) is -2.06. The smallest absolute Gasteiger partial charge is 0.0679 e. The molecule has 0 aliphatic heterocycles. The van der Waals surface area contributed by atoms with Crippen LogP contribution in [0.15, 0.2) is 81.7 Å². The quantitative estimate of drug-likeness (QED) is 0.188. The van der Waals surface area contributed by atoms with Crippen LogP contribution < -0.4 is 0 Å². The highest BCUT2D eigenvalue weighted by atomic mass is 79.9. The second-order valence-corrected chi connectivity index (χ2v) is 20.9. The van der Waals surface area contributed by atoms with E-state index in [1.807, 2.05) is 0 Å². The third kappa shape index (κ3) is 4.35. The number of hydrogen-bond acceptors (Lipinski definition) is 0. The molecule has 3 heteroatoms. The van der Waals surface area contributed by atoms with Crippen molar-refractivity contribution in [2.24, 2.45) is 0 Å². The number of fused-ring (bicyclic) bond motifs is 6. The molecule has 200 valence electrons. The van der Waals surface area contributed by atoms with Crippen LogP contribution in [0.4, 0.5) is 0 Å². The number of benzene rings is 4. The highest BCUT2D eigenvalue weighted by Gasteiger charge is 2.50. The number of rotatable bonds is 2. The highest BCUT2D eigenvalue weighted by molar-refractivity contribution is 9.10. The van der Waals surface area contributed by atoms with Crippen molar-refractivity contribution in [1.29, 1.82) is 0 Å². The second kappa shape index (κ2) is 9.03. The molecule has 0 spiro atoms. The van der Waals surface area contributed by atoms with Crippen LogP contribution in [0.2, 0.25) is 13.1 Å². The fourth-order valence-corrected chi connectivity index (χ4v) is 12.4. The molecule has 0 heterocycles. The molecule has 0 fully saturated rings. The van der Waals surface area contributed by atoms with Gasteiger partial charge in [0.25, 0.3) is 0 Å². The molecule has 0 nitrogen and oxygen atoms in total. The first-order chi connectivity index (χ1) is 18.2. The molecule has 4 aromatic rings. The van der Waals surface area contributed by atoms with E-state index in [9.17, 15) is 0 Å². The maximum Gasteiger partial charge on any atom is 0.0731 e. The molecule has 0 aromatic heterocycles. The first kappa shape index (κ1) is 27.2. The van der Waals surface area contributed by atoms with Gasteiger partial charge >= 0.3 is 0 Å². The number of hydrogen-bond donors (Lipinski definition) is 0. The molecule has 0 amide bonds. The molecule has 0 bridgehead atoms. The van der Waals surface area contributed by atoms with Crippen molar-refractivity contribution >= 4 is 39.9 Å². The summed E-state index contributed by atoms with van der Waals surface area (Å²) < 4.78 is 2.33. The normalized spacial score (nSPS) is 15.2. The van der Waals surface area contributed by atoms with E-state index >= 15 is 0 Å². The van der Waals surface area contributed by atoms with Gasteiger partial charge in [-0.3, -0.25) is 0 Å². The minimum Gasteiger partial charge on any atom is -0.0679 e. The Morgan fingerprint density at radius 2 is 0.872 bits per heavy atom. The Hall–Kier alpha value is -1.94. The molecule has 0 radical (unpaired) electrons. The third-order valence-electron chi connectivity index (χ3n) is 9.18. The minimum absolute atomic E-state index is 0.115. The zero-order valence-electron chi connectivity index (χ0n) is 24.3. The zero-order valence-corrected chi connectivity index (χ0v) is 28.5. The van der Waals surface area contributed by atoms with Crippen LogP contribution in [-0.2, 0) is 10.8 Å². The summed E-state index contributed by atoms with van der Waals surface area (Å²) in [5.41, 5.74) is 15.6. The Morgan fingerprint density at radius 3 is 1.26 bits per heavy atom. The predicted molar refractivity (Wildman–Crippen MR) is 178 cm³/mol. The third-order valence-corrected chi connectivity index (χ3v) is 14.4. The minimum atomic E-state index is -2.06. The summed E-state index contributed by atoms with van der Waals surface area (Å²) in [6.07, 6.45) is 0. The van der Waals surface area contributed by atoms with Gasteiger partial charge in [-0.25, -0.2) is 0 Å². The van der Waals surface area contributed by atoms with Gasteiger partial charge in [-0.05, 0) is 90.7 Å². The van der Waals surface area contributed by atoms with Gasteiger partial charge in [0.2, 0.25) is 0 Å². The molecular weight excluding hydrogens is 620 g/mol. The maximum atomic E-state index is 3.81. The van der Waals surface area contributed by atoms with Gasteiger partial charge in [0, 0.05) is 20.0 Å². The second-order valence-electron chi connectivity index (χ2n) is 14.3. The monoisotopic (exact) mass is 656 g/mol.